The number of aliphatic hydroxyl groups is 1. The Balaban J connectivity index is 1.85. The molecule has 1 saturated heterocycles. The number of carbonyl (C=O) groups is 1. The number of β-amino-alcohol motifs (C(OH)–C–C–N with tert-alkyl or cyclic N) is 1. The Morgan fingerprint density at radius 1 is 1.39 bits per heavy atom. The molecule has 0 atom stereocenters. The number of benzene rings is 1. The van der Waals surface area contributed by atoms with E-state index in [0.717, 1.165) is 18.4 Å². The zero-order valence-electron chi connectivity index (χ0n) is 10.7. The van der Waals surface area contributed by atoms with Crippen molar-refractivity contribution in [2.24, 2.45) is 0 Å². The lowest BCUT2D eigenvalue weighted by molar-refractivity contribution is -0.155. The van der Waals surface area contributed by atoms with Gasteiger partial charge in [-0.05, 0) is 24.1 Å². The Bertz CT molecular complexity index is 422. The predicted octanol–water partition coefficient (Wildman–Crippen LogP) is 1.18. The lowest BCUT2D eigenvalue weighted by Crippen LogP contribution is -2.63. The van der Waals surface area contributed by atoms with Crippen molar-refractivity contribution >= 4 is 11.6 Å². The van der Waals surface area contributed by atoms with Crippen LogP contribution in [0.3, 0.4) is 0 Å². The maximum atomic E-state index is 12.0. The van der Waals surface area contributed by atoms with Crippen molar-refractivity contribution in [2.75, 3.05) is 18.8 Å². The molecule has 98 valence electrons. The number of nitrogens with two attached hydrogens (primary N) is 1. The van der Waals surface area contributed by atoms with Crippen molar-refractivity contribution in [1.82, 2.24) is 4.90 Å². The van der Waals surface area contributed by atoms with Gasteiger partial charge >= 0.3 is 0 Å². The van der Waals surface area contributed by atoms with Crippen LogP contribution in [0.4, 0.5) is 5.69 Å². The zero-order chi connectivity index (χ0) is 13.2. The molecule has 0 saturated carbocycles. The van der Waals surface area contributed by atoms with Crippen molar-refractivity contribution in [3.05, 3.63) is 29.8 Å². The smallest absolute Gasteiger partial charge is 0.227 e. The number of amides is 1. The number of nitrogens with zero attached hydrogens (tertiary/aromatic N) is 1. The molecule has 1 heterocycles. The van der Waals surface area contributed by atoms with E-state index in [-0.39, 0.29) is 5.91 Å². The third kappa shape index (κ3) is 2.82. The monoisotopic (exact) mass is 248 g/mol. The summed E-state index contributed by atoms with van der Waals surface area (Å²) < 4.78 is 0. The molecule has 2 rings (SSSR count). The summed E-state index contributed by atoms with van der Waals surface area (Å²) in [5.74, 6) is 0.0700. The Kier molecular flexibility index (Phi) is 3.57. The van der Waals surface area contributed by atoms with Gasteiger partial charge in [-0.15, -0.1) is 0 Å². The Morgan fingerprint density at radius 2 is 2.00 bits per heavy atom. The second-order valence-corrected chi connectivity index (χ2v) is 5.14. The van der Waals surface area contributed by atoms with Crippen LogP contribution in [0.1, 0.15) is 25.3 Å². The average molecular weight is 248 g/mol. The lowest BCUT2D eigenvalue weighted by Gasteiger charge is -2.46. The molecule has 4 nitrogen and oxygen atoms in total. The first-order valence-corrected chi connectivity index (χ1v) is 6.37. The van der Waals surface area contributed by atoms with Gasteiger partial charge in [-0.25, -0.2) is 0 Å². The van der Waals surface area contributed by atoms with Gasteiger partial charge in [0.1, 0.15) is 0 Å². The number of carbonyl (C=O) groups excluding carboxylic acids is 1. The summed E-state index contributed by atoms with van der Waals surface area (Å²) in [6.07, 6.45) is 2.08. The normalized spacial score (nSPS) is 17.3. The van der Waals surface area contributed by atoms with Gasteiger partial charge in [0.2, 0.25) is 5.91 Å². The summed E-state index contributed by atoms with van der Waals surface area (Å²) in [4.78, 5) is 13.7. The molecular formula is C14H20N2O2. The van der Waals surface area contributed by atoms with E-state index in [1.807, 2.05) is 19.1 Å². The molecular weight excluding hydrogens is 228 g/mol. The number of anilines is 1. The minimum Gasteiger partial charge on any atom is -0.399 e. The fourth-order valence-electron chi connectivity index (χ4n) is 2.39. The highest BCUT2D eigenvalue weighted by molar-refractivity contribution is 5.80. The molecule has 1 aliphatic heterocycles. The first kappa shape index (κ1) is 12.9. The third-order valence-corrected chi connectivity index (χ3v) is 3.37. The van der Waals surface area contributed by atoms with Gasteiger partial charge in [0.15, 0.2) is 0 Å². The van der Waals surface area contributed by atoms with Gasteiger partial charge in [0.25, 0.3) is 0 Å². The van der Waals surface area contributed by atoms with E-state index in [2.05, 4.69) is 0 Å². The van der Waals surface area contributed by atoms with E-state index in [4.69, 9.17) is 5.73 Å². The number of rotatable bonds is 4. The van der Waals surface area contributed by atoms with Crippen LogP contribution in [0.15, 0.2) is 24.3 Å². The van der Waals surface area contributed by atoms with E-state index in [1.165, 1.54) is 0 Å². The highest BCUT2D eigenvalue weighted by atomic mass is 16.3. The van der Waals surface area contributed by atoms with Crippen molar-refractivity contribution in [3.63, 3.8) is 0 Å². The van der Waals surface area contributed by atoms with Gasteiger partial charge in [-0.2, -0.15) is 0 Å². The van der Waals surface area contributed by atoms with E-state index >= 15 is 0 Å². The van der Waals surface area contributed by atoms with Crippen LogP contribution in [-0.4, -0.2) is 34.6 Å². The zero-order valence-corrected chi connectivity index (χ0v) is 10.7. The van der Waals surface area contributed by atoms with Crippen LogP contribution in [0.2, 0.25) is 0 Å². The molecule has 1 aliphatic rings. The average Bonchev–Trinajstić information content (AvgIpc) is 2.29. The molecule has 0 aromatic heterocycles. The van der Waals surface area contributed by atoms with Crippen LogP contribution < -0.4 is 5.73 Å². The number of nitrogen functional groups attached to an aromatic ring is 1. The molecule has 1 fully saturated rings. The molecule has 0 bridgehead atoms. The van der Waals surface area contributed by atoms with Gasteiger partial charge in [0.05, 0.1) is 25.1 Å². The Morgan fingerprint density at radius 3 is 2.56 bits per heavy atom. The van der Waals surface area contributed by atoms with Crippen LogP contribution >= 0.6 is 0 Å². The molecule has 18 heavy (non-hydrogen) atoms. The van der Waals surface area contributed by atoms with Crippen molar-refractivity contribution in [2.45, 2.75) is 31.8 Å². The second kappa shape index (κ2) is 4.98. The molecule has 1 amide bonds. The molecule has 1 aromatic rings. The predicted molar refractivity (Wildman–Crippen MR) is 71.0 cm³/mol. The van der Waals surface area contributed by atoms with Crippen LogP contribution in [0.5, 0.6) is 0 Å². The summed E-state index contributed by atoms with van der Waals surface area (Å²) in [5, 5.41) is 10.0. The minimum atomic E-state index is -0.647. The first-order valence-electron chi connectivity index (χ1n) is 6.37. The fraction of sp³-hybridized carbons (Fsp3) is 0.500. The van der Waals surface area contributed by atoms with E-state index in [0.29, 0.717) is 25.2 Å². The minimum absolute atomic E-state index is 0.0700. The summed E-state index contributed by atoms with van der Waals surface area (Å²) in [7, 11) is 0. The summed E-state index contributed by atoms with van der Waals surface area (Å²) in [6.45, 7) is 2.97. The maximum Gasteiger partial charge on any atom is 0.227 e. The number of likely N-dealkylation sites (tertiary alicyclic amines) is 1. The molecule has 0 aliphatic carbocycles. The van der Waals surface area contributed by atoms with E-state index < -0.39 is 5.60 Å². The molecule has 3 N–H and O–H groups in total. The third-order valence-electron chi connectivity index (χ3n) is 3.37. The molecule has 4 heteroatoms. The largest absolute Gasteiger partial charge is 0.399 e. The Labute approximate surface area is 107 Å². The summed E-state index contributed by atoms with van der Waals surface area (Å²) >= 11 is 0. The van der Waals surface area contributed by atoms with Crippen LogP contribution in [0.25, 0.3) is 0 Å². The highest BCUT2D eigenvalue weighted by Gasteiger charge is 2.42. The maximum absolute atomic E-state index is 12.0. The summed E-state index contributed by atoms with van der Waals surface area (Å²) in [6, 6.07) is 7.33. The van der Waals surface area contributed by atoms with Gasteiger partial charge in [0, 0.05) is 5.69 Å². The van der Waals surface area contributed by atoms with Crippen molar-refractivity contribution < 1.29 is 9.90 Å². The van der Waals surface area contributed by atoms with Crippen molar-refractivity contribution in [3.8, 4) is 0 Å². The standard InChI is InChI=1S/C14H20N2O2/c1-2-7-14(18)9-16(10-14)13(17)8-11-3-5-12(15)6-4-11/h3-6,18H,2,7-10,15H2,1H3. The quantitative estimate of drug-likeness (QED) is 0.786. The molecule has 1 aromatic carbocycles. The number of hydrogen-bond donors (Lipinski definition) is 2. The van der Waals surface area contributed by atoms with Crippen molar-refractivity contribution in [1.29, 1.82) is 0 Å². The fourth-order valence-corrected chi connectivity index (χ4v) is 2.39. The second-order valence-electron chi connectivity index (χ2n) is 5.14. The van der Waals surface area contributed by atoms with Crippen LogP contribution in [-0.2, 0) is 11.2 Å². The topological polar surface area (TPSA) is 66.6 Å². The summed E-state index contributed by atoms with van der Waals surface area (Å²) in [5.41, 5.74) is 6.61. The highest BCUT2D eigenvalue weighted by Crippen LogP contribution is 2.26. The van der Waals surface area contributed by atoms with Gasteiger partial charge in [-0.1, -0.05) is 25.5 Å². The van der Waals surface area contributed by atoms with E-state index in [1.54, 1.807) is 17.0 Å². The molecule has 0 spiro atoms. The van der Waals surface area contributed by atoms with Crippen LogP contribution in [0, 0.1) is 0 Å². The molecule has 0 radical (unpaired) electrons. The Hall–Kier alpha value is -1.55. The molecule has 0 unspecified atom stereocenters. The SMILES string of the molecule is CCCC1(O)CN(C(=O)Cc2ccc(N)cc2)C1. The lowest BCUT2D eigenvalue weighted by atomic mass is 9.89. The number of hydrogen-bond acceptors (Lipinski definition) is 3. The van der Waals surface area contributed by atoms with Gasteiger partial charge in [-0.3, -0.25) is 4.79 Å². The first-order chi connectivity index (χ1) is 8.52. The van der Waals surface area contributed by atoms with Gasteiger partial charge < -0.3 is 15.7 Å². The van der Waals surface area contributed by atoms with E-state index in [9.17, 15) is 9.90 Å².